The fraction of sp³-hybridized carbons (Fsp3) is 0.333. The summed E-state index contributed by atoms with van der Waals surface area (Å²) in [5, 5.41) is 9.98. The number of hydrogen-bond acceptors (Lipinski definition) is 5. The van der Waals surface area contributed by atoms with Crippen LogP contribution in [0.1, 0.15) is 12.8 Å². The van der Waals surface area contributed by atoms with Gasteiger partial charge in [0.05, 0.1) is 0 Å². The monoisotopic (exact) mass is 780 g/mol. The van der Waals surface area contributed by atoms with Gasteiger partial charge in [-0.2, -0.15) is 0 Å². The molecule has 0 aliphatic carbocycles. The number of thiophene rings is 4. The number of benzene rings is 2. The Bertz CT molecular complexity index is 1420. The number of fused-ring (bicyclic) bond motifs is 4. The third kappa shape index (κ3) is 6.95. The molecule has 0 bridgehead atoms. The molecule has 0 unspecified atom stereocenters. The maximum Gasteiger partial charge on any atom is 0.0349 e. The van der Waals surface area contributed by atoms with E-state index in [4.69, 9.17) is 4.74 Å². The van der Waals surface area contributed by atoms with E-state index in [-0.39, 0.29) is 0 Å². The van der Waals surface area contributed by atoms with E-state index in [0.717, 1.165) is 13.2 Å². The maximum atomic E-state index is 4.94. The molecule has 1 nitrogen and oxygen atoms in total. The molecule has 0 N–H and O–H groups in total. The molecule has 0 amide bonds. The summed E-state index contributed by atoms with van der Waals surface area (Å²) in [5.41, 5.74) is 0. The Morgan fingerprint density at radius 3 is 1.30 bits per heavy atom. The summed E-state index contributed by atoms with van der Waals surface area (Å²) in [6.07, 6.45) is 2.56. The summed E-state index contributed by atoms with van der Waals surface area (Å²) >= 11 is 3.89. The van der Waals surface area contributed by atoms with Crippen LogP contribution in [0.3, 0.4) is 0 Å². The molecule has 2 aromatic carbocycles. The standard InChI is InChI=1S/C10H6S2.C10H4S2.C4H8O.6CH3.2Sn/c2*1-3-11-9-6-8-2-4-12-10(8)5-7(1)9;1-2-4-5-3-1;;;;;;;;/h1-6H;1-2,5-6H;1-4H2;6*1H3;;. The Hall–Kier alpha value is -0.163. The summed E-state index contributed by atoms with van der Waals surface area (Å²) < 4.78 is 14.1. The van der Waals surface area contributed by atoms with Crippen LogP contribution in [0.2, 0.25) is 29.6 Å². The molecule has 0 saturated carbocycles. The second-order valence-corrected chi connectivity index (χ2v) is 46.6. The Morgan fingerprint density at radius 2 is 0.946 bits per heavy atom. The normalized spacial score (nSPS) is 14.2. The van der Waals surface area contributed by atoms with Crippen LogP contribution in [0.5, 0.6) is 0 Å². The topological polar surface area (TPSA) is 9.23 Å². The van der Waals surface area contributed by atoms with Crippen LogP contribution in [-0.4, -0.2) is 50.0 Å². The van der Waals surface area contributed by atoms with Gasteiger partial charge in [0.15, 0.2) is 0 Å². The SMILES string of the molecule is C1CCOC1.[CH3][Sn]([CH3])([CH3])[c]1cc2cc3s[c]([Sn]([CH3])([CH3])[CH3])cc3cc2s1.c1cc2cc3sccc3cc2s1. The Labute approximate surface area is 245 Å². The average molecular weight is 778 g/mol. The number of hydrogen-bond donors (Lipinski definition) is 0. The average Bonchev–Trinajstić information content (AvgIpc) is 3.63. The van der Waals surface area contributed by atoms with E-state index < -0.39 is 36.8 Å². The summed E-state index contributed by atoms with van der Waals surface area (Å²) in [6, 6.07) is 18.7. The van der Waals surface area contributed by atoms with E-state index in [2.05, 4.69) is 112 Å². The van der Waals surface area contributed by atoms with Gasteiger partial charge in [-0.05, 0) is 58.6 Å². The molecule has 37 heavy (non-hydrogen) atoms. The largest absolute Gasteiger partial charge is 0.144 e. The fourth-order valence-electron chi connectivity index (χ4n) is 4.24. The van der Waals surface area contributed by atoms with Gasteiger partial charge in [0.2, 0.25) is 0 Å². The van der Waals surface area contributed by atoms with Gasteiger partial charge in [0.1, 0.15) is 0 Å². The van der Waals surface area contributed by atoms with Gasteiger partial charge in [0.25, 0.3) is 0 Å². The van der Waals surface area contributed by atoms with Gasteiger partial charge < -0.3 is 4.74 Å². The van der Waals surface area contributed by atoms with Crippen molar-refractivity contribution < 1.29 is 4.74 Å². The van der Waals surface area contributed by atoms with Crippen LogP contribution >= 0.6 is 45.3 Å². The van der Waals surface area contributed by atoms with E-state index in [0.29, 0.717) is 0 Å². The molecule has 1 aliphatic heterocycles. The van der Waals surface area contributed by atoms with Crippen LogP contribution in [0.15, 0.2) is 59.3 Å². The zero-order valence-corrected chi connectivity index (χ0v) is 31.6. The van der Waals surface area contributed by atoms with Gasteiger partial charge >= 0.3 is 139 Å². The van der Waals surface area contributed by atoms with E-state index in [1.54, 1.807) is 5.79 Å². The Kier molecular flexibility index (Phi) is 9.01. The van der Waals surface area contributed by atoms with Crippen molar-refractivity contribution in [2.45, 2.75) is 42.5 Å². The molecule has 7 heteroatoms. The van der Waals surface area contributed by atoms with Crippen LogP contribution in [0.4, 0.5) is 0 Å². The maximum absolute atomic E-state index is 4.94. The van der Waals surface area contributed by atoms with Crippen LogP contribution in [0, 0.1) is 0 Å². The van der Waals surface area contributed by atoms with Crippen LogP contribution in [-0.2, 0) is 4.74 Å². The first-order chi connectivity index (χ1) is 17.6. The molecule has 6 aromatic rings. The fourth-order valence-corrected chi connectivity index (χ4v) is 18.7. The van der Waals surface area contributed by atoms with E-state index in [1.807, 2.05) is 22.7 Å². The molecule has 0 atom stereocenters. The molecule has 7 rings (SSSR count). The summed E-state index contributed by atoms with van der Waals surface area (Å²) in [7, 11) is 0. The number of ether oxygens (including phenoxy) is 1. The Balaban J connectivity index is 0.000000137. The molecule has 194 valence electrons. The zero-order valence-electron chi connectivity index (χ0n) is 22.6. The summed E-state index contributed by atoms with van der Waals surface area (Å²) in [4.78, 5) is 15.0. The minimum Gasteiger partial charge on any atom is -0.144 e. The molecular weight excluding hydrogens is 742 g/mol. The van der Waals surface area contributed by atoms with Crippen LogP contribution < -0.4 is 5.79 Å². The molecule has 0 radical (unpaired) electrons. The van der Waals surface area contributed by atoms with E-state index in [9.17, 15) is 0 Å². The second-order valence-electron chi connectivity index (χ2n) is 11.7. The molecule has 0 spiro atoms. The van der Waals surface area contributed by atoms with Crippen molar-refractivity contribution in [3.8, 4) is 0 Å². The molecule has 5 heterocycles. The van der Waals surface area contributed by atoms with Gasteiger partial charge in [-0.3, -0.25) is 0 Å². The first-order valence-electron chi connectivity index (χ1n) is 13.0. The van der Waals surface area contributed by atoms with Crippen molar-refractivity contribution in [2.24, 2.45) is 0 Å². The van der Waals surface area contributed by atoms with Crippen molar-refractivity contribution in [2.75, 3.05) is 13.2 Å². The molecule has 1 aliphatic rings. The van der Waals surface area contributed by atoms with Gasteiger partial charge in [-0.15, -0.1) is 22.7 Å². The predicted molar refractivity (Wildman–Crippen MR) is 180 cm³/mol. The predicted octanol–water partition coefficient (Wildman–Crippen LogP) is 10.1. The Morgan fingerprint density at radius 1 is 0.541 bits per heavy atom. The van der Waals surface area contributed by atoms with Crippen molar-refractivity contribution in [3.63, 3.8) is 0 Å². The third-order valence-corrected chi connectivity index (χ3v) is 29.3. The van der Waals surface area contributed by atoms with Gasteiger partial charge in [0, 0.05) is 22.6 Å². The van der Waals surface area contributed by atoms with Crippen molar-refractivity contribution in [1.29, 1.82) is 0 Å². The van der Waals surface area contributed by atoms with Crippen molar-refractivity contribution in [3.05, 3.63) is 59.3 Å². The number of rotatable bonds is 2. The smallest absolute Gasteiger partial charge is 0.0349 e. The molecule has 1 fully saturated rings. The third-order valence-electron chi connectivity index (χ3n) is 6.49. The van der Waals surface area contributed by atoms with Crippen LogP contribution in [0.25, 0.3) is 40.3 Å². The molecule has 4 aromatic heterocycles. The van der Waals surface area contributed by atoms with Gasteiger partial charge in [-0.25, -0.2) is 0 Å². The van der Waals surface area contributed by atoms with Gasteiger partial charge in [-0.1, -0.05) is 0 Å². The first kappa shape index (κ1) is 28.4. The van der Waals surface area contributed by atoms with Crippen molar-refractivity contribution in [1.82, 2.24) is 0 Å². The quantitative estimate of drug-likeness (QED) is 0.159. The molecular formula is C30H36OS4Sn2. The summed E-state index contributed by atoms with van der Waals surface area (Å²) in [5.74, 6) is 0. The second kappa shape index (κ2) is 11.8. The molecule has 1 saturated heterocycles. The van der Waals surface area contributed by atoms with E-state index >= 15 is 0 Å². The minimum atomic E-state index is -1.91. The first-order valence-corrected chi connectivity index (χ1v) is 36.4. The zero-order chi connectivity index (χ0) is 26.2. The summed E-state index contributed by atoms with van der Waals surface area (Å²) in [6.45, 7) is 2.00. The van der Waals surface area contributed by atoms with E-state index in [1.165, 1.54) is 53.2 Å². The minimum absolute atomic E-state index is 1.00. The van der Waals surface area contributed by atoms with Crippen molar-refractivity contribution >= 4 is 128 Å².